The summed E-state index contributed by atoms with van der Waals surface area (Å²) in [6.07, 6.45) is 1.85. The van der Waals surface area contributed by atoms with E-state index in [9.17, 15) is 0 Å². The molecule has 0 saturated carbocycles. The summed E-state index contributed by atoms with van der Waals surface area (Å²) in [6.45, 7) is 8.28. The number of hydrogen-bond acceptors (Lipinski definition) is 3. The van der Waals surface area contributed by atoms with Crippen molar-refractivity contribution in [3.63, 3.8) is 0 Å². The molecule has 0 aliphatic rings. The van der Waals surface area contributed by atoms with Crippen LogP contribution in [0, 0.1) is 6.92 Å². The molecule has 1 aromatic carbocycles. The predicted octanol–water partition coefficient (Wildman–Crippen LogP) is 3.50. The molecule has 1 aromatic heterocycles. The van der Waals surface area contributed by atoms with Crippen molar-refractivity contribution < 1.29 is 4.43 Å². The van der Waals surface area contributed by atoms with Crippen LogP contribution in [-0.4, -0.2) is 24.5 Å². The third-order valence-corrected chi connectivity index (χ3v) is 3.72. The first-order valence-corrected chi connectivity index (χ1v) is 9.01. The minimum atomic E-state index is -0.798. The Labute approximate surface area is 121 Å². The van der Waals surface area contributed by atoms with Gasteiger partial charge in [0.25, 0.3) is 9.04 Å². The molecule has 1 heterocycles. The third-order valence-electron chi connectivity index (χ3n) is 3.09. The summed E-state index contributed by atoms with van der Waals surface area (Å²) in [4.78, 5) is 4.71. The second-order valence-corrected chi connectivity index (χ2v) is 6.96. The average molecular weight is 286 g/mol. The number of aryl methyl sites for hydroxylation is 1. The van der Waals surface area contributed by atoms with Crippen LogP contribution >= 0.6 is 0 Å². The first-order valence-electron chi connectivity index (χ1n) is 6.60. The Kier molecular flexibility index (Phi) is 4.39. The van der Waals surface area contributed by atoms with Gasteiger partial charge in [-0.3, -0.25) is 4.68 Å². The van der Waals surface area contributed by atoms with Crippen molar-refractivity contribution in [3.05, 3.63) is 41.7 Å². The fraction of sp³-hybridized carbons (Fsp3) is 0.333. The molecule has 0 aliphatic carbocycles. The minimum absolute atomic E-state index is 0.798. The van der Waals surface area contributed by atoms with Gasteiger partial charge in [0.1, 0.15) is 11.4 Å². The van der Waals surface area contributed by atoms with Crippen LogP contribution in [0.4, 0.5) is 5.69 Å². The Morgan fingerprint density at radius 1 is 1.30 bits per heavy atom. The minimum Gasteiger partial charge on any atom is -0.541 e. The Balaban J connectivity index is 2.37. The lowest BCUT2D eigenvalue weighted by atomic mass is 10.2. The van der Waals surface area contributed by atoms with Gasteiger partial charge in [-0.15, -0.1) is 0 Å². The Morgan fingerprint density at radius 2 is 2.00 bits per heavy atom. The van der Waals surface area contributed by atoms with E-state index in [2.05, 4.69) is 18.2 Å². The zero-order valence-corrected chi connectivity index (χ0v) is 13.6. The topological polar surface area (TPSA) is 39.4 Å². The van der Waals surface area contributed by atoms with E-state index in [4.69, 9.17) is 9.42 Å². The number of nitrogens with zero attached hydrogens (tertiary/aromatic N) is 3. The maximum atomic E-state index is 5.89. The fourth-order valence-electron chi connectivity index (χ4n) is 1.95. The monoisotopic (exact) mass is 286 g/mol. The van der Waals surface area contributed by atoms with E-state index in [-0.39, 0.29) is 0 Å². The van der Waals surface area contributed by atoms with E-state index >= 15 is 0 Å². The van der Waals surface area contributed by atoms with Crippen molar-refractivity contribution >= 4 is 20.4 Å². The molecule has 105 valence electrons. The molecule has 0 unspecified atom stereocenters. The van der Waals surface area contributed by atoms with E-state index in [0.717, 1.165) is 28.4 Å². The molecule has 2 aromatic rings. The number of para-hydroxylation sites is 2. The van der Waals surface area contributed by atoms with Gasteiger partial charge in [0.15, 0.2) is 0 Å². The summed E-state index contributed by atoms with van der Waals surface area (Å²) in [5, 5.41) is 4.26. The smallest absolute Gasteiger partial charge is 0.274 e. The standard InChI is InChI=1S/C15H20N3OSi/c1-11(13-10-16-18(3)12(13)2)17-14-8-6-7-9-15(14)19-20(4)5/h6-10H,1-5H3. The highest BCUT2D eigenvalue weighted by atomic mass is 28.3. The number of benzene rings is 1. The summed E-state index contributed by atoms with van der Waals surface area (Å²) in [5.41, 5.74) is 4.01. The van der Waals surface area contributed by atoms with Gasteiger partial charge in [-0.05, 0) is 39.1 Å². The van der Waals surface area contributed by atoms with Gasteiger partial charge in [-0.2, -0.15) is 5.10 Å². The lowest BCUT2D eigenvalue weighted by molar-refractivity contribution is 0.582. The molecule has 0 bridgehead atoms. The van der Waals surface area contributed by atoms with Gasteiger partial charge in [0, 0.05) is 24.0 Å². The van der Waals surface area contributed by atoms with Gasteiger partial charge in [0.05, 0.1) is 6.20 Å². The molecule has 20 heavy (non-hydrogen) atoms. The zero-order chi connectivity index (χ0) is 14.7. The van der Waals surface area contributed by atoms with E-state index in [1.165, 1.54) is 0 Å². The maximum absolute atomic E-state index is 5.89. The van der Waals surface area contributed by atoms with Crippen LogP contribution in [0.1, 0.15) is 18.2 Å². The van der Waals surface area contributed by atoms with Crippen molar-refractivity contribution in [3.8, 4) is 5.75 Å². The van der Waals surface area contributed by atoms with Crippen molar-refractivity contribution in [2.75, 3.05) is 0 Å². The normalized spacial score (nSPS) is 12.0. The maximum Gasteiger partial charge on any atom is 0.274 e. The Bertz CT molecular complexity index is 632. The molecule has 0 fully saturated rings. The van der Waals surface area contributed by atoms with Crippen molar-refractivity contribution in [2.24, 2.45) is 12.0 Å². The van der Waals surface area contributed by atoms with Crippen LogP contribution in [-0.2, 0) is 7.05 Å². The molecule has 0 spiro atoms. The first-order chi connectivity index (χ1) is 9.49. The predicted molar refractivity (Wildman–Crippen MR) is 84.4 cm³/mol. The van der Waals surface area contributed by atoms with Crippen LogP contribution in [0.3, 0.4) is 0 Å². The number of rotatable bonds is 4. The molecular weight excluding hydrogens is 266 g/mol. The molecule has 0 aliphatic heterocycles. The highest BCUT2D eigenvalue weighted by molar-refractivity contribution is 6.49. The van der Waals surface area contributed by atoms with Crippen LogP contribution < -0.4 is 4.43 Å². The largest absolute Gasteiger partial charge is 0.541 e. The van der Waals surface area contributed by atoms with Crippen molar-refractivity contribution in [1.29, 1.82) is 0 Å². The molecule has 0 saturated heterocycles. The molecule has 5 heteroatoms. The fourth-order valence-corrected chi connectivity index (χ4v) is 2.56. The van der Waals surface area contributed by atoms with Gasteiger partial charge in [-0.1, -0.05) is 12.1 Å². The molecule has 0 N–H and O–H groups in total. The summed E-state index contributed by atoms with van der Waals surface area (Å²) in [6, 6.07) is 7.91. The molecule has 0 amide bonds. The average Bonchev–Trinajstić information content (AvgIpc) is 2.72. The molecular formula is C15H20N3OSi. The molecule has 2 rings (SSSR count). The van der Waals surface area contributed by atoms with E-state index in [0.29, 0.717) is 0 Å². The zero-order valence-electron chi connectivity index (χ0n) is 12.6. The summed E-state index contributed by atoms with van der Waals surface area (Å²) in [5.74, 6) is 0.854. The number of aliphatic imine (C=N–C) groups is 1. The van der Waals surface area contributed by atoms with E-state index < -0.39 is 9.04 Å². The van der Waals surface area contributed by atoms with Crippen LogP contribution in [0.15, 0.2) is 35.5 Å². The molecule has 1 radical (unpaired) electrons. The molecule has 0 atom stereocenters. The molecule has 4 nitrogen and oxygen atoms in total. The summed E-state index contributed by atoms with van der Waals surface area (Å²) in [7, 11) is 1.14. The number of hydrogen-bond donors (Lipinski definition) is 0. The van der Waals surface area contributed by atoms with Gasteiger partial charge < -0.3 is 4.43 Å². The third kappa shape index (κ3) is 3.16. The van der Waals surface area contributed by atoms with Crippen LogP contribution in [0.25, 0.3) is 0 Å². The van der Waals surface area contributed by atoms with Gasteiger partial charge in [0.2, 0.25) is 0 Å². The van der Waals surface area contributed by atoms with Crippen molar-refractivity contribution in [2.45, 2.75) is 26.9 Å². The van der Waals surface area contributed by atoms with Gasteiger partial charge >= 0.3 is 0 Å². The number of aromatic nitrogens is 2. The van der Waals surface area contributed by atoms with Gasteiger partial charge in [-0.25, -0.2) is 4.99 Å². The Hall–Kier alpha value is -1.88. The second kappa shape index (κ2) is 6.05. The highest BCUT2D eigenvalue weighted by Gasteiger charge is 2.09. The lowest BCUT2D eigenvalue weighted by Crippen LogP contribution is -2.11. The van der Waals surface area contributed by atoms with Crippen LogP contribution in [0.2, 0.25) is 13.1 Å². The van der Waals surface area contributed by atoms with E-state index in [1.54, 1.807) is 0 Å². The first kappa shape index (κ1) is 14.5. The highest BCUT2D eigenvalue weighted by Crippen LogP contribution is 2.28. The summed E-state index contributed by atoms with van der Waals surface area (Å²) < 4.78 is 7.75. The second-order valence-electron chi connectivity index (χ2n) is 4.94. The summed E-state index contributed by atoms with van der Waals surface area (Å²) >= 11 is 0. The van der Waals surface area contributed by atoms with E-state index in [1.807, 2.05) is 56.0 Å². The quantitative estimate of drug-likeness (QED) is 0.637. The lowest BCUT2D eigenvalue weighted by Gasteiger charge is -2.11. The van der Waals surface area contributed by atoms with Crippen LogP contribution in [0.5, 0.6) is 5.75 Å². The Morgan fingerprint density at radius 3 is 2.60 bits per heavy atom. The SMILES string of the molecule is CC(=Nc1ccccc1O[Si](C)C)c1cnn(C)c1C. The van der Waals surface area contributed by atoms with Crippen molar-refractivity contribution in [1.82, 2.24) is 9.78 Å².